The quantitative estimate of drug-likeness (QED) is 0.785. The van der Waals surface area contributed by atoms with Gasteiger partial charge in [-0.05, 0) is 54.9 Å². The van der Waals surface area contributed by atoms with E-state index in [2.05, 4.69) is 33.2 Å². The number of anilines is 1. The molecule has 1 N–H and O–H groups in total. The van der Waals surface area contributed by atoms with E-state index in [9.17, 15) is 4.79 Å². The number of hydrogen-bond donors (Lipinski definition) is 1. The van der Waals surface area contributed by atoms with Crippen molar-refractivity contribution in [3.8, 4) is 0 Å². The molecule has 21 heavy (non-hydrogen) atoms. The maximum atomic E-state index is 11.7. The number of aromatic nitrogens is 1. The molecule has 1 heterocycles. The van der Waals surface area contributed by atoms with Crippen molar-refractivity contribution < 1.29 is 9.53 Å². The fourth-order valence-electron chi connectivity index (χ4n) is 2.00. The second-order valence-corrected chi connectivity index (χ2v) is 6.32. The van der Waals surface area contributed by atoms with Crippen molar-refractivity contribution in [3.05, 3.63) is 44.3 Å². The van der Waals surface area contributed by atoms with E-state index in [-0.39, 0.29) is 12.0 Å². The summed E-state index contributed by atoms with van der Waals surface area (Å²) in [7, 11) is 0. The fourth-order valence-corrected chi connectivity index (χ4v) is 3.30. The number of nitrogens with one attached hydrogen (secondary N) is 1. The molecule has 0 aliphatic rings. The lowest BCUT2D eigenvalue weighted by Crippen LogP contribution is -2.08. The van der Waals surface area contributed by atoms with E-state index in [4.69, 9.17) is 4.74 Å². The van der Waals surface area contributed by atoms with Crippen molar-refractivity contribution in [2.45, 2.75) is 26.8 Å². The van der Waals surface area contributed by atoms with Gasteiger partial charge in [0.15, 0.2) is 0 Å². The van der Waals surface area contributed by atoms with Crippen LogP contribution in [0.2, 0.25) is 0 Å². The van der Waals surface area contributed by atoms with E-state index in [1.165, 1.54) is 4.88 Å². The Balaban J connectivity index is 2.14. The van der Waals surface area contributed by atoms with Gasteiger partial charge in [0.1, 0.15) is 0 Å². The van der Waals surface area contributed by atoms with Crippen LogP contribution in [0.25, 0.3) is 0 Å². The van der Waals surface area contributed by atoms with Gasteiger partial charge in [-0.1, -0.05) is 0 Å². The highest BCUT2D eigenvalue weighted by Crippen LogP contribution is 2.30. The van der Waals surface area contributed by atoms with Crippen LogP contribution in [0.1, 0.15) is 40.8 Å². The summed E-state index contributed by atoms with van der Waals surface area (Å²) in [5, 5.41) is 3.42. The third kappa shape index (κ3) is 3.83. The van der Waals surface area contributed by atoms with Gasteiger partial charge >= 0.3 is 5.97 Å². The second-order valence-electron chi connectivity index (χ2n) is 4.58. The van der Waals surface area contributed by atoms with Gasteiger partial charge in [-0.2, -0.15) is 0 Å². The van der Waals surface area contributed by atoms with Crippen LogP contribution < -0.4 is 5.32 Å². The van der Waals surface area contributed by atoms with E-state index in [0.717, 1.165) is 15.9 Å². The van der Waals surface area contributed by atoms with Crippen molar-refractivity contribution in [2.24, 2.45) is 0 Å². The summed E-state index contributed by atoms with van der Waals surface area (Å²) in [4.78, 5) is 17.2. The van der Waals surface area contributed by atoms with Crippen LogP contribution in [0, 0.1) is 6.92 Å². The Hall–Kier alpha value is -1.40. The smallest absolute Gasteiger partial charge is 0.338 e. The van der Waals surface area contributed by atoms with Crippen LogP contribution in [0.5, 0.6) is 0 Å². The van der Waals surface area contributed by atoms with E-state index in [1.54, 1.807) is 30.4 Å². The fraction of sp³-hybridized carbons (Fsp3) is 0.333. The van der Waals surface area contributed by atoms with Crippen LogP contribution in [-0.4, -0.2) is 17.6 Å². The molecule has 2 aromatic rings. The highest BCUT2D eigenvalue weighted by Gasteiger charge is 2.14. The Kier molecular flexibility index (Phi) is 5.36. The lowest BCUT2D eigenvalue weighted by Gasteiger charge is -2.16. The zero-order chi connectivity index (χ0) is 15.4. The molecule has 4 nitrogen and oxygen atoms in total. The van der Waals surface area contributed by atoms with Crippen LogP contribution >= 0.6 is 27.3 Å². The van der Waals surface area contributed by atoms with E-state index >= 15 is 0 Å². The number of esters is 1. The number of thiazole rings is 1. The summed E-state index contributed by atoms with van der Waals surface area (Å²) < 4.78 is 5.83. The summed E-state index contributed by atoms with van der Waals surface area (Å²) in [6, 6.07) is 5.56. The Morgan fingerprint density at radius 1 is 1.52 bits per heavy atom. The van der Waals surface area contributed by atoms with Crippen LogP contribution in [-0.2, 0) is 4.74 Å². The van der Waals surface area contributed by atoms with Gasteiger partial charge in [-0.3, -0.25) is 0 Å². The minimum Gasteiger partial charge on any atom is -0.462 e. The minimum absolute atomic E-state index is 0.155. The van der Waals surface area contributed by atoms with Gasteiger partial charge < -0.3 is 10.1 Å². The molecule has 0 fully saturated rings. The summed E-state index contributed by atoms with van der Waals surface area (Å²) in [5.74, 6) is -0.309. The number of carbonyl (C=O) groups excluding carboxylic acids is 1. The molecule has 6 heteroatoms. The van der Waals surface area contributed by atoms with Gasteiger partial charge in [0.25, 0.3) is 0 Å². The van der Waals surface area contributed by atoms with Crippen LogP contribution in [0.3, 0.4) is 0 Å². The summed E-state index contributed by atoms with van der Waals surface area (Å²) in [6.07, 6.45) is 0. The number of hydrogen-bond acceptors (Lipinski definition) is 5. The Morgan fingerprint density at radius 2 is 2.29 bits per heavy atom. The SMILES string of the molecule is CCOC(=O)c1ccc(NC(C)c2scnc2C)c(Br)c1. The van der Waals surface area contributed by atoms with Crippen molar-refractivity contribution >= 4 is 38.9 Å². The molecule has 1 aromatic carbocycles. The molecule has 1 atom stereocenters. The third-order valence-corrected chi connectivity index (χ3v) is 4.80. The standard InChI is InChI=1S/C15H17BrN2O2S/c1-4-20-15(19)11-5-6-13(12(16)7-11)18-10(3)14-9(2)17-8-21-14/h5-8,10,18H,4H2,1-3H3. The second kappa shape index (κ2) is 7.04. The zero-order valence-electron chi connectivity index (χ0n) is 12.1. The Morgan fingerprint density at radius 3 is 2.86 bits per heavy atom. The zero-order valence-corrected chi connectivity index (χ0v) is 14.5. The van der Waals surface area contributed by atoms with E-state index in [0.29, 0.717) is 12.2 Å². The summed E-state index contributed by atoms with van der Waals surface area (Å²) >= 11 is 5.13. The molecule has 2 rings (SSSR count). The molecular formula is C15H17BrN2O2S. The lowest BCUT2D eigenvalue weighted by atomic mass is 10.2. The number of rotatable bonds is 5. The van der Waals surface area contributed by atoms with Gasteiger partial charge in [0, 0.05) is 15.0 Å². The number of benzene rings is 1. The average molecular weight is 369 g/mol. The van der Waals surface area contributed by atoms with E-state index < -0.39 is 0 Å². The van der Waals surface area contributed by atoms with Gasteiger partial charge in [-0.15, -0.1) is 11.3 Å². The first-order valence-corrected chi connectivity index (χ1v) is 8.33. The summed E-state index contributed by atoms with van der Waals surface area (Å²) in [5.41, 5.74) is 4.36. The molecule has 0 aliphatic heterocycles. The summed E-state index contributed by atoms with van der Waals surface area (Å²) in [6.45, 7) is 6.26. The first-order valence-electron chi connectivity index (χ1n) is 6.66. The van der Waals surface area contributed by atoms with Gasteiger partial charge in [-0.25, -0.2) is 9.78 Å². The van der Waals surface area contributed by atoms with Gasteiger partial charge in [0.05, 0.1) is 29.4 Å². The lowest BCUT2D eigenvalue weighted by molar-refractivity contribution is 0.0526. The normalized spacial score (nSPS) is 12.0. The number of aryl methyl sites for hydroxylation is 1. The van der Waals surface area contributed by atoms with Crippen LogP contribution in [0.15, 0.2) is 28.2 Å². The van der Waals surface area contributed by atoms with Crippen molar-refractivity contribution in [2.75, 3.05) is 11.9 Å². The number of halogens is 1. The Labute approximate surface area is 136 Å². The molecule has 0 spiro atoms. The number of nitrogens with zero attached hydrogens (tertiary/aromatic N) is 1. The largest absolute Gasteiger partial charge is 0.462 e. The molecule has 112 valence electrons. The molecule has 0 saturated carbocycles. The third-order valence-electron chi connectivity index (χ3n) is 3.03. The predicted octanol–water partition coefficient (Wildman–Crippen LogP) is 4.56. The highest BCUT2D eigenvalue weighted by atomic mass is 79.9. The maximum Gasteiger partial charge on any atom is 0.338 e. The van der Waals surface area contributed by atoms with Crippen molar-refractivity contribution in [3.63, 3.8) is 0 Å². The first-order chi connectivity index (χ1) is 10.0. The molecule has 1 unspecified atom stereocenters. The number of ether oxygens (including phenoxy) is 1. The molecule has 0 aliphatic carbocycles. The first kappa shape index (κ1) is 16.0. The van der Waals surface area contributed by atoms with E-state index in [1.807, 2.05) is 18.5 Å². The molecule has 0 radical (unpaired) electrons. The minimum atomic E-state index is -0.309. The van der Waals surface area contributed by atoms with Crippen molar-refractivity contribution in [1.29, 1.82) is 0 Å². The molecule has 0 amide bonds. The Bertz CT molecular complexity index is 642. The monoisotopic (exact) mass is 368 g/mol. The van der Waals surface area contributed by atoms with Crippen LogP contribution in [0.4, 0.5) is 5.69 Å². The average Bonchev–Trinajstić information content (AvgIpc) is 2.87. The predicted molar refractivity (Wildman–Crippen MR) is 89.0 cm³/mol. The molecule has 0 saturated heterocycles. The molecular weight excluding hydrogens is 352 g/mol. The molecule has 1 aromatic heterocycles. The van der Waals surface area contributed by atoms with Crippen molar-refractivity contribution in [1.82, 2.24) is 4.98 Å². The maximum absolute atomic E-state index is 11.7. The molecule has 0 bridgehead atoms. The van der Waals surface area contributed by atoms with Gasteiger partial charge in [0.2, 0.25) is 0 Å². The number of carbonyl (C=O) groups is 1. The highest BCUT2D eigenvalue weighted by molar-refractivity contribution is 9.10. The topological polar surface area (TPSA) is 51.2 Å².